The number of rotatable bonds is 8. The number of aromatic nitrogens is 3. The average molecular weight is 463 g/mol. The van der Waals surface area contributed by atoms with Crippen LogP contribution in [0.4, 0.5) is 5.82 Å². The van der Waals surface area contributed by atoms with Crippen LogP contribution < -0.4 is 20.9 Å². The number of anilines is 1. The van der Waals surface area contributed by atoms with E-state index in [2.05, 4.69) is 22.9 Å². The van der Waals surface area contributed by atoms with Crippen LogP contribution in [0.15, 0.2) is 35.4 Å². The lowest BCUT2D eigenvalue weighted by atomic mass is 10.1. The number of fused-ring (bicyclic) bond motifs is 1. The molecule has 0 spiro atoms. The van der Waals surface area contributed by atoms with Gasteiger partial charge in [-0.25, -0.2) is 4.98 Å². The van der Waals surface area contributed by atoms with Crippen molar-refractivity contribution in [2.24, 2.45) is 5.73 Å². The van der Waals surface area contributed by atoms with Crippen molar-refractivity contribution in [3.05, 3.63) is 52.1 Å². The van der Waals surface area contributed by atoms with E-state index in [-0.39, 0.29) is 23.9 Å². The summed E-state index contributed by atoms with van der Waals surface area (Å²) in [4.78, 5) is 33.1. The lowest BCUT2D eigenvalue weighted by molar-refractivity contribution is 0.0970. The Balaban J connectivity index is 1.81. The number of nitrogens with zero attached hydrogens (tertiary/aromatic N) is 5. The maximum Gasteiger partial charge on any atom is 0.278 e. The summed E-state index contributed by atoms with van der Waals surface area (Å²) in [5.41, 5.74) is 7.47. The van der Waals surface area contributed by atoms with E-state index < -0.39 is 0 Å². The number of hydrogen-bond donors (Lipinski definition) is 1. The fraction of sp³-hybridized carbons (Fsp3) is 0.440. The molecular formula is C25H30N6O3. The molecule has 9 heteroatoms. The number of ether oxygens (including phenoxy) is 1. The van der Waals surface area contributed by atoms with Gasteiger partial charge in [-0.2, -0.15) is 5.26 Å². The summed E-state index contributed by atoms with van der Waals surface area (Å²) in [6, 6.07) is 9.13. The van der Waals surface area contributed by atoms with Gasteiger partial charge in [-0.05, 0) is 31.4 Å². The SMILES string of the molecule is CCCCn1c(N2CCCC(N)C2)c(C#N)c2ncn(CC(=O)c3cccc(OC)c3)c(=O)c21. The topological polar surface area (TPSA) is 119 Å². The summed E-state index contributed by atoms with van der Waals surface area (Å²) >= 11 is 0. The Morgan fingerprint density at radius 1 is 1.38 bits per heavy atom. The summed E-state index contributed by atoms with van der Waals surface area (Å²) in [7, 11) is 1.54. The number of methoxy groups -OCH3 is 1. The zero-order chi connectivity index (χ0) is 24.2. The summed E-state index contributed by atoms with van der Waals surface area (Å²) in [5.74, 6) is 1.06. The number of nitriles is 1. The standard InChI is InChI=1S/C25H30N6O3/c1-3-4-11-31-23-22(20(13-26)24(31)29-10-6-8-18(27)14-29)28-16-30(25(23)33)15-21(32)17-7-5-9-19(12-17)34-2/h5,7,9,12,16,18H,3-4,6,8,10-11,14-15,27H2,1-2H3. The molecule has 3 aromatic rings. The van der Waals surface area contributed by atoms with Crippen LogP contribution in [-0.4, -0.2) is 46.1 Å². The van der Waals surface area contributed by atoms with Crippen LogP contribution in [0.3, 0.4) is 0 Å². The van der Waals surface area contributed by atoms with Gasteiger partial charge < -0.3 is 19.9 Å². The molecule has 0 bridgehead atoms. The number of nitrogens with two attached hydrogens (primary N) is 1. The third-order valence-corrected chi connectivity index (χ3v) is 6.31. The molecule has 0 aliphatic carbocycles. The molecule has 0 saturated carbocycles. The van der Waals surface area contributed by atoms with Gasteiger partial charge in [0.2, 0.25) is 0 Å². The van der Waals surface area contributed by atoms with Crippen LogP contribution in [0.25, 0.3) is 11.0 Å². The Hall–Kier alpha value is -3.64. The second-order valence-corrected chi connectivity index (χ2v) is 8.69. The number of hydrogen-bond acceptors (Lipinski definition) is 7. The van der Waals surface area contributed by atoms with Crippen molar-refractivity contribution in [3.63, 3.8) is 0 Å². The van der Waals surface area contributed by atoms with Gasteiger partial charge in [0.1, 0.15) is 34.2 Å². The molecule has 1 aliphatic heterocycles. The van der Waals surface area contributed by atoms with Crippen LogP contribution in [0.5, 0.6) is 5.75 Å². The number of aryl methyl sites for hydroxylation is 1. The zero-order valence-electron chi connectivity index (χ0n) is 19.7. The maximum atomic E-state index is 13.6. The van der Waals surface area contributed by atoms with Crippen molar-refractivity contribution < 1.29 is 9.53 Å². The first-order chi connectivity index (χ1) is 16.5. The first kappa shape index (κ1) is 23.5. The van der Waals surface area contributed by atoms with Crippen LogP contribution in [0.1, 0.15) is 48.5 Å². The van der Waals surface area contributed by atoms with Crippen molar-refractivity contribution in [1.82, 2.24) is 14.1 Å². The highest BCUT2D eigenvalue weighted by molar-refractivity contribution is 5.96. The summed E-state index contributed by atoms with van der Waals surface area (Å²) in [5, 5.41) is 10.0. The van der Waals surface area contributed by atoms with Crippen molar-refractivity contribution >= 4 is 22.6 Å². The molecule has 1 saturated heterocycles. The molecule has 1 aliphatic rings. The molecule has 178 valence electrons. The highest BCUT2D eigenvalue weighted by Crippen LogP contribution is 2.32. The average Bonchev–Trinajstić information content (AvgIpc) is 3.18. The molecule has 1 unspecified atom stereocenters. The Labute approximate surface area is 198 Å². The molecule has 34 heavy (non-hydrogen) atoms. The highest BCUT2D eigenvalue weighted by atomic mass is 16.5. The van der Waals surface area contributed by atoms with Gasteiger partial charge in [-0.1, -0.05) is 25.5 Å². The predicted octanol–water partition coefficient (Wildman–Crippen LogP) is 2.69. The number of benzene rings is 1. The van der Waals surface area contributed by atoms with Crippen LogP contribution in [-0.2, 0) is 13.1 Å². The molecule has 2 aromatic heterocycles. The molecular weight excluding hydrogens is 432 g/mol. The quantitative estimate of drug-likeness (QED) is 0.511. The van der Waals surface area contributed by atoms with Crippen molar-refractivity contribution in [3.8, 4) is 11.8 Å². The van der Waals surface area contributed by atoms with Crippen molar-refractivity contribution in [1.29, 1.82) is 5.26 Å². The first-order valence-electron chi connectivity index (χ1n) is 11.7. The first-order valence-corrected chi connectivity index (χ1v) is 11.7. The number of unbranched alkanes of at least 4 members (excludes halogenated alkanes) is 1. The Kier molecular flexibility index (Phi) is 6.98. The fourth-order valence-corrected chi connectivity index (χ4v) is 4.57. The van der Waals surface area contributed by atoms with E-state index in [1.165, 1.54) is 18.0 Å². The predicted molar refractivity (Wildman–Crippen MR) is 130 cm³/mol. The zero-order valence-corrected chi connectivity index (χ0v) is 19.7. The van der Waals surface area contributed by atoms with Crippen LogP contribution in [0, 0.1) is 11.3 Å². The van der Waals surface area contributed by atoms with E-state index in [1.807, 2.05) is 4.57 Å². The van der Waals surface area contributed by atoms with Crippen LogP contribution >= 0.6 is 0 Å². The van der Waals surface area contributed by atoms with Crippen LogP contribution in [0.2, 0.25) is 0 Å². The van der Waals surface area contributed by atoms with Gasteiger partial charge in [0.15, 0.2) is 5.78 Å². The molecule has 9 nitrogen and oxygen atoms in total. The second kappa shape index (κ2) is 10.1. The summed E-state index contributed by atoms with van der Waals surface area (Å²) in [6.45, 7) is 3.91. The smallest absolute Gasteiger partial charge is 0.278 e. The molecule has 3 heterocycles. The van der Waals surface area contributed by atoms with Gasteiger partial charge in [-0.15, -0.1) is 0 Å². The Bertz CT molecular complexity index is 1300. The van der Waals surface area contributed by atoms with Gasteiger partial charge >= 0.3 is 0 Å². The molecule has 1 aromatic carbocycles. The summed E-state index contributed by atoms with van der Waals surface area (Å²) in [6.07, 6.45) is 5.00. The van der Waals surface area contributed by atoms with Gasteiger partial charge in [0.05, 0.1) is 20.0 Å². The Morgan fingerprint density at radius 3 is 2.91 bits per heavy atom. The number of carbonyl (C=O) groups excluding carboxylic acids is 1. The third-order valence-electron chi connectivity index (χ3n) is 6.31. The van der Waals surface area contributed by atoms with Gasteiger partial charge in [0.25, 0.3) is 5.56 Å². The van der Waals surface area contributed by atoms with E-state index in [0.29, 0.717) is 46.8 Å². The second-order valence-electron chi connectivity index (χ2n) is 8.69. The monoisotopic (exact) mass is 462 g/mol. The minimum absolute atomic E-state index is 0.0167. The lowest BCUT2D eigenvalue weighted by Gasteiger charge is -2.33. The van der Waals surface area contributed by atoms with Gasteiger partial charge in [-0.3, -0.25) is 14.2 Å². The maximum absolute atomic E-state index is 13.6. The number of carbonyl (C=O) groups is 1. The minimum atomic E-state index is -0.332. The van der Waals surface area contributed by atoms with Crippen molar-refractivity contribution in [2.45, 2.75) is 51.7 Å². The largest absolute Gasteiger partial charge is 0.497 e. The summed E-state index contributed by atoms with van der Waals surface area (Å²) < 4.78 is 8.44. The minimum Gasteiger partial charge on any atom is -0.497 e. The van der Waals surface area contributed by atoms with E-state index in [9.17, 15) is 14.9 Å². The number of ketones is 1. The molecule has 1 atom stereocenters. The molecule has 4 rings (SSSR count). The number of Topliss-reactive ketones (excluding diaryl/α,β-unsaturated/α-hetero) is 1. The molecule has 0 amide bonds. The van der Waals surface area contributed by atoms with E-state index in [1.54, 1.807) is 24.3 Å². The highest BCUT2D eigenvalue weighted by Gasteiger charge is 2.28. The van der Waals surface area contributed by atoms with E-state index in [0.717, 1.165) is 32.2 Å². The van der Waals surface area contributed by atoms with Crippen molar-refractivity contribution in [2.75, 3.05) is 25.1 Å². The fourth-order valence-electron chi connectivity index (χ4n) is 4.57. The van der Waals surface area contributed by atoms with E-state index in [4.69, 9.17) is 10.5 Å². The molecule has 2 N–H and O–H groups in total. The number of piperidine rings is 1. The molecule has 0 radical (unpaired) electrons. The third kappa shape index (κ3) is 4.41. The lowest BCUT2D eigenvalue weighted by Crippen LogP contribution is -2.44. The van der Waals surface area contributed by atoms with E-state index >= 15 is 0 Å². The Morgan fingerprint density at radius 2 is 2.21 bits per heavy atom. The van der Waals surface area contributed by atoms with Gasteiger partial charge in [0, 0.05) is 31.2 Å². The molecule has 1 fully saturated rings. The normalized spacial score (nSPS) is 15.9.